The number of fused-ring (bicyclic) bond motifs is 5. The van der Waals surface area contributed by atoms with E-state index in [1.54, 1.807) is 0 Å². The van der Waals surface area contributed by atoms with Gasteiger partial charge in [0, 0.05) is 49.7 Å². The van der Waals surface area contributed by atoms with Crippen molar-refractivity contribution in [3.8, 4) is 0 Å². The van der Waals surface area contributed by atoms with E-state index in [1.807, 2.05) is 40.0 Å². The van der Waals surface area contributed by atoms with Gasteiger partial charge in [0.05, 0.1) is 17.1 Å². The van der Waals surface area contributed by atoms with Gasteiger partial charge in [0.25, 0.3) is 0 Å². The number of aryl methyl sites for hydroxylation is 1. The van der Waals surface area contributed by atoms with Gasteiger partial charge in [0.2, 0.25) is 0 Å². The molecule has 0 bridgehead atoms. The van der Waals surface area contributed by atoms with Gasteiger partial charge in [-0.2, -0.15) is 0 Å². The largest absolute Gasteiger partial charge is 0.512 e. The quantitative estimate of drug-likeness (QED) is 0.0725. The Morgan fingerprint density at radius 1 is 0.977 bits per heavy atom. The zero-order valence-corrected chi connectivity index (χ0v) is 29.7. The summed E-state index contributed by atoms with van der Waals surface area (Å²) >= 11 is 0. The summed E-state index contributed by atoms with van der Waals surface area (Å²) in [4.78, 5) is 21.5. The number of aromatic nitrogens is 4. The number of imidazole rings is 1. The van der Waals surface area contributed by atoms with Gasteiger partial charge in [-0.3, -0.25) is 9.78 Å². The maximum absolute atomic E-state index is 11.7. The normalized spacial score (nSPS) is 12.6. The molecule has 0 saturated carbocycles. The van der Waals surface area contributed by atoms with E-state index in [9.17, 15) is 9.90 Å². The zero-order chi connectivity index (χ0) is 31.1. The van der Waals surface area contributed by atoms with Crippen molar-refractivity contribution in [2.45, 2.75) is 87.5 Å². The number of carbonyl (C=O) groups excluding carboxylic acids is 1. The van der Waals surface area contributed by atoms with Crippen LogP contribution in [0.3, 0.4) is 0 Å². The van der Waals surface area contributed by atoms with Gasteiger partial charge in [-0.1, -0.05) is 84.4 Å². The van der Waals surface area contributed by atoms with E-state index in [4.69, 9.17) is 9.97 Å². The first kappa shape index (κ1) is 33.6. The van der Waals surface area contributed by atoms with E-state index in [-0.39, 0.29) is 48.9 Å². The van der Waals surface area contributed by atoms with Crippen molar-refractivity contribution < 1.29 is 30.0 Å². The fraction of sp³-hybridized carbons (Fsp3) is 0.432. The van der Waals surface area contributed by atoms with Crippen LogP contribution in [0.25, 0.3) is 44.1 Å². The van der Waals surface area contributed by atoms with Gasteiger partial charge in [-0.15, -0.1) is 17.7 Å². The van der Waals surface area contributed by atoms with E-state index >= 15 is 0 Å². The molecule has 235 valence electrons. The van der Waals surface area contributed by atoms with E-state index in [2.05, 4.69) is 72.9 Å². The minimum Gasteiger partial charge on any atom is -0.512 e. The van der Waals surface area contributed by atoms with Gasteiger partial charge < -0.3 is 13.9 Å². The Hall–Kier alpha value is -3.28. The molecule has 0 spiro atoms. The summed E-state index contributed by atoms with van der Waals surface area (Å²) < 4.78 is 4.59. The molecule has 4 heterocycles. The molecule has 7 heteroatoms. The minimum absolute atomic E-state index is 0. The maximum Gasteiger partial charge on any atom is 0.162 e. The van der Waals surface area contributed by atoms with Crippen molar-refractivity contribution >= 4 is 49.9 Å². The van der Waals surface area contributed by atoms with Crippen LogP contribution in [0.4, 0.5) is 0 Å². The number of hydrogen-bond donors (Lipinski definition) is 1. The van der Waals surface area contributed by atoms with Crippen LogP contribution in [0.2, 0.25) is 0 Å². The van der Waals surface area contributed by atoms with E-state index < -0.39 is 0 Å². The summed E-state index contributed by atoms with van der Waals surface area (Å²) in [7, 11) is 0. The number of para-hydroxylation sites is 1. The number of aliphatic hydroxyl groups excluding tert-OH is 1. The van der Waals surface area contributed by atoms with E-state index in [1.165, 1.54) is 27.9 Å². The number of carbonyl (C=O) groups is 1. The maximum atomic E-state index is 11.7. The molecular weight excluding hydrogens is 725 g/mol. The predicted octanol–water partition coefficient (Wildman–Crippen LogP) is 9.44. The number of benzene rings is 2. The Morgan fingerprint density at radius 2 is 1.64 bits per heavy atom. The number of ketones is 1. The molecule has 6 nitrogen and oxygen atoms in total. The van der Waals surface area contributed by atoms with Gasteiger partial charge in [0.1, 0.15) is 11.3 Å². The second kappa shape index (κ2) is 13.4. The molecule has 6 rings (SSSR count). The van der Waals surface area contributed by atoms with E-state index in [0.29, 0.717) is 0 Å². The number of allylic oxidation sites excluding steroid dienone is 2. The molecule has 4 aromatic heterocycles. The summed E-state index contributed by atoms with van der Waals surface area (Å²) in [5, 5.41) is 13.3. The third kappa shape index (κ3) is 6.14. The topological polar surface area (TPSA) is 71.9 Å². The molecule has 2 aromatic carbocycles. The van der Waals surface area contributed by atoms with Gasteiger partial charge in [-0.25, -0.2) is 4.98 Å². The second-order valence-electron chi connectivity index (χ2n) is 13.0. The van der Waals surface area contributed by atoms with Crippen LogP contribution in [0, 0.1) is 30.2 Å². The Morgan fingerprint density at radius 3 is 2.27 bits per heavy atom. The van der Waals surface area contributed by atoms with Crippen molar-refractivity contribution in [2.75, 3.05) is 0 Å². The molecule has 0 amide bonds. The first-order chi connectivity index (χ1) is 20.5. The number of hydrogen-bond acceptors (Lipinski definition) is 4. The number of rotatable bonds is 8. The zero-order valence-electron chi connectivity index (χ0n) is 27.3. The first-order valence-electron chi connectivity index (χ1n) is 15.8. The predicted molar refractivity (Wildman–Crippen MR) is 178 cm³/mol. The molecule has 6 aromatic rings. The smallest absolute Gasteiger partial charge is 0.162 e. The molecule has 0 atom stereocenters. The summed E-state index contributed by atoms with van der Waals surface area (Å²) in [6, 6.07) is 16.5. The summed E-state index contributed by atoms with van der Waals surface area (Å²) in [6.07, 6.45) is 7.68. The van der Waals surface area contributed by atoms with Crippen LogP contribution < -0.4 is 0 Å². The molecule has 0 unspecified atom stereocenters. The number of nitrogens with zero attached hydrogens (tertiary/aromatic N) is 4. The second-order valence-corrected chi connectivity index (χ2v) is 13.0. The average Bonchev–Trinajstić information content (AvgIpc) is 3.48. The van der Waals surface area contributed by atoms with Crippen molar-refractivity contribution in [2.24, 2.45) is 17.3 Å². The minimum atomic E-state index is 0. The summed E-state index contributed by atoms with van der Waals surface area (Å²) in [5.74, 6) is 0.547. The van der Waals surface area contributed by atoms with Crippen LogP contribution in [0.5, 0.6) is 0 Å². The average molecular weight is 770 g/mol. The Labute approximate surface area is 274 Å². The third-order valence-electron chi connectivity index (χ3n) is 8.63. The van der Waals surface area contributed by atoms with Crippen molar-refractivity contribution in [1.82, 2.24) is 18.8 Å². The molecule has 0 saturated heterocycles. The fourth-order valence-electron chi connectivity index (χ4n) is 6.38. The van der Waals surface area contributed by atoms with Crippen molar-refractivity contribution in [1.29, 1.82) is 0 Å². The van der Waals surface area contributed by atoms with Crippen LogP contribution in [0.1, 0.15) is 85.4 Å². The Kier molecular flexibility index (Phi) is 10.2. The van der Waals surface area contributed by atoms with Gasteiger partial charge in [-0.05, 0) is 60.6 Å². The molecule has 0 aliphatic carbocycles. The molecule has 1 radical (unpaired) electrons. The summed E-state index contributed by atoms with van der Waals surface area (Å²) in [5.41, 5.74) is 7.81. The van der Waals surface area contributed by atoms with Gasteiger partial charge in [0.15, 0.2) is 5.78 Å². The molecule has 1 N–H and O–H groups in total. The monoisotopic (exact) mass is 770 g/mol. The molecule has 0 aliphatic heterocycles. The molecule has 0 aliphatic rings. The summed E-state index contributed by atoms with van der Waals surface area (Å²) in [6.45, 7) is 17.0. The van der Waals surface area contributed by atoms with Gasteiger partial charge >= 0.3 is 0 Å². The Balaban J connectivity index is 0.000000239. The molecule has 0 fully saturated rings. The van der Waals surface area contributed by atoms with Crippen LogP contribution in [0.15, 0.2) is 54.4 Å². The van der Waals surface area contributed by atoms with Crippen LogP contribution >= 0.6 is 0 Å². The first-order valence-corrected chi connectivity index (χ1v) is 15.8. The number of aliphatic hydroxyl groups is 1. The molecular formula is C37H45IrN4O2-. The van der Waals surface area contributed by atoms with Crippen LogP contribution in [-0.2, 0) is 31.3 Å². The van der Waals surface area contributed by atoms with Crippen LogP contribution in [-0.4, -0.2) is 29.7 Å². The third-order valence-corrected chi connectivity index (χ3v) is 8.63. The van der Waals surface area contributed by atoms with Crippen molar-refractivity contribution in [3.05, 3.63) is 71.8 Å². The fourth-order valence-corrected chi connectivity index (χ4v) is 6.38. The SMILES string of the molecule is CCC(CC)C(=O)/C=C(\O)C(CC)CC.Cc1[c-]c2c3nccc4nc(CC(C)(C)C)c(n43)n3c4ccccc4c(c1)c23.[Ir]. The molecule has 44 heavy (non-hydrogen) atoms. The standard InChI is InChI=1S/C24H21N4.C13H24O2.Ir/c1-14-11-16-15-7-5-6-8-19(15)27-21(16)17(12-14)22-25-10-9-20-26-18(13-24(2,3)4)23(27)28(20)22;1-5-10(6-2)12(14)9-13(15)11(7-3)8-4;/h5-11H,13H2,1-4H3;9-11,14H,5-8H2,1-4H3;/q-1;;/b;12-9-;. The van der Waals surface area contributed by atoms with E-state index in [0.717, 1.165) is 65.7 Å². The van der Waals surface area contributed by atoms with Crippen molar-refractivity contribution in [3.63, 3.8) is 0 Å². The Bertz CT molecular complexity index is 1930.